The predicted octanol–water partition coefficient (Wildman–Crippen LogP) is 9.97. The summed E-state index contributed by atoms with van der Waals surface area (Å²) in [6.45, 7) is 27.2. The maximum atomic E-state index is 10.1. The van der Waals surface area contributed by atoms with E-state index in [0.29, 0.717) is 16.2 Å². The molecule has 3 rings (SSSR count). The molecule has 3 aliphatic rings. The third kappa shape index (κ3) is 12.2. The van der Waals surface area contributed by atoms with Crippen molar-refractivity contribution >= 4 is 0 Å². The van der Waals surface area contributed by atoms with Crippen LogP contribution in [0.25, 0.3) is 0 Å². The Bertz CT molecular complexity index is 607. The zero-order valence-corrected chi connectivity index (χ0v) is 28.2. The Morgan fingerprint density at radius 1 is 0.579 bits per heavy atom. The van der Waals surface area contributed by atoms with E-state index in [9.17, 15) is 10.2 Å². The van der Waals surface area contributed by atoms with Crippen LogP contribution in [0.5, 0.6) is 0 Å². The Morgan fingerprint density at radius 2 is 0.868 bits per heavy atom. The van der Waals surface area contributed by atoms with Gasteiger partial charge >= 0.3 is 0 Å². The molecule has 2 N–H and O–H groups in total. The summed E-state index contributed by atoms with van der Waals surface area (Å²) in [5.41, 5.74) is 0.798. The molecule has 0 unspecified atom stereocenters. The van der Waals surface area contributed by atoms with Gasteiger partial charge in [0.2, 0.25) is 0 Å². The van der Waals surface area contributed by atoms with Crippen molar-refractivity contribution in [2.45, 2.75) is 183 Å². The normalized spacial score (nSPS) is 36.9. The molecule has 228 valence electrons. The lowest BCUT2D eigenvalue weighted by molar-refractivity contribution is -0.0456. The van der Waals surface area contributed by atoms with E-state index < -0.39 is 0 Å². The first kappa shape index (κ1) is 35.9. The Kier molecular flexibility index (Phi) is 12.9. The Morgan fingerprint density at radius 3 is 1.13 bits per heavy atom. The molecule has 0 aromatic heterocycles. The summed E-state index contributed by atoms with van der Waals surface area (Å²) in [5.74, 6) is 2.49. The van der Waals surface area contributed by atoms with Crippen LogP contribution in [0.2, 0.25) is 0 Å². The van der Waals surface area contributed by atoms with Gasteiger partial charge in [-0.3, -0.25) is 0 Å². The van der Waals surface area contributed by atoms with Crippen molar-refractivity contribution in [2.75, 3.05) is 7.11 Å². The van der Waals surface area contributed by atoms with E-state index in [1.807, 2.05) is 14.0 Å². The van der Waals surface area contributed by atoms with E-state index in [1.165, 1.54) is 51.4 Å². The van der Waals surface area contributed by atoms with Crippen molar-refractivity contribution < 1.29 is 14.9 Å². The second-order valence-corrected chi connectivity index (χ2v) is 17.1. The van der Waals surface area contributed by atoms with Gasteiger partial charge in [0.1, 0.15) is 0 Å². The van der Waals surface area contributed by atoms with Gasteiger partial charge in [0, 0.05) is 7.11 Å². The van der Waals surface area contributed by atoms with Gasteiger partial charge in [-0.15, -0.1) is 0 Å². The zero-order chi connectivity index (χ0) is 29.6. The van der Waals surface area contributed by atoms with Crippen LogP contribution in [0.3, 0.4) is 0 Å². The highest BCUT2D eigenvalue weighted by Gasteiger charge is 2.37. The van der Waals surface area contributed by atoms with E-state index in [-0.39, 0.29) is 16.8 Å². The highest BCUT2D eigenvalue weighted by molar-refractivity contribution is 4.89. The Labute approximate surface area is 239 Å². The fourth-order valence-electron chi connectivity index (χ4n) is 6.78. The molecule has 0 atom stereocenters. The maximum absolute atomic E-state index is 10.1. The topological polar surface area (TPSA) is 49.7 Å². The SMILES string of the molecule is CC1(O)CCC(C(C)(C)C)CC1.CCC1(O)CCC(C(C)(C)C)CC1.COC1(C)CCC(C(C)(C)C)CC1. The molecule has 0 bridgehead atoms. The van der Waals surface area contributed by atoms with Gasteiger partial charge in [-0.2, -0.15) is 0 Å². The lowest BCUT2D eigenvalue weighted by Gasteiger charge is -2.41. The first-order valence-corrected chi connectivity index (χ1v) is 16.1. The molecule has 38 heavy (non-hydrogen) atoms. The fraction of sp³-hybridized carbons (Fsp3) is 1.00. The van der Waals surface area contributed by atoms with Crippen LogP contribution in [-0.4, -0.2) is 34.1 Å². The molecule has 3 saturated carbocycles. The summed E-state index contributed by atoms with van der Waals surface area (Å²) in [7, 11) is 1.84. The van der Waals surface area contributed by atoms with Gasteiger partial charge in [-0.1, -0.05) is 69.2 Å². The molecule has 3 heteroatoms. The third-order valence-corrected chi connectivity index (χ3v) is 10.8. The van der Waals surface area contributed by atoms with Crippen LogP contribution in [0.4, 0.5) is 0 Å². The van der Waals surface area contributed by atoms with E-state index in [1.54, 1.807) is 0 Å². The number of methoxy groups -OCH3 is 1. The molecule has 0 aromatic rings. The number of hydrogen-bond acceptors (Lipinski definition) is 3. The summed E-state index contributed by atoms with van der Waals surface area (Å²) in [5, 5.41) is 19.8. The fourth-order valence-corrected chi connectivity index (χ4v) is 6.78. The molecule has 0 heterocycles. The second kappa shape index (κ2) is 13.7. The molecule has 0 spiro atoms. The van der Waals surface area contributed by atoms with Crippen LogP contribution < -0.4 is 0 Å². The highest BCUT2D eigenvalue weighted by Crippen LogP contribution is 2.44. The number of hydrogen-bond donors (Lipinski definition) is 2. The van der Waals surface area contributed by atoms with Crippen LogP contribution >= 0.6 is 0 Å². The Hall–Kier alpha value is -0.120. The molecule has 0 aromatic carbocycles. The lowest BCUT2D eigenvalue weighted by atomic mass is 9.68. The number of aliphatic hydroxyl groups is 2. The monoisotopic (exact) mass is 539 g/mol. The molecule has 0 aliphatic heterocycles. The van der Waals surface area contributed by atoms with E-state index in [0.717, 1.165) is 49.9 Å². The summed E-state index contributed by atoms with van der Waals surface area (Å²) < 4.78 is 5.54. The average molecular weight is 539 g/mol. The molecular formula is C35H70O3. The van der Waals surface area contributed by atoms with Crippen LogP contribution in [0, 0.1) is 34.0 Å². The van der Waals surface area contributed by atoms with Gasteiger partial charge in [0.25, 0.3) is 0 Å². The van der Waals surface area contributed by atoms with Gasteiger partial charge in [-0.25, -0.2) is 0 Å². The van der Waals surface area contributed by atoms with Crippen LogP contribution in [0.15, 0.2) is 0 Å². The maximum Gasteiger partial charge on any atom is 0.0651 e. The summed E-state index contributed by atoms with van der Waals surface area (Å²) in [4.78, 5) is 0. The molecule has 0 saturated heterocycles. The minimum Gasteiger partial charge on any atom is -0.390 e. The first-order chi connectivity index (χ1) is 17.1. The zero-order valence-electron chi connectivity index (χ0n) is 28.2. The standard InChI is InChI=1S/2C12H24O.C11H22O/c1-11(2,3)10-6-8-12(4,13-5)9-7-10;1-5-12(13)8-6-10(7-9-12)11(2,3)4;1-10(2,3)9-5-7-11(4,12)8-6-9/h10H,6-9H2,1-5H3;10,13H,5-9H2,1-4H3;9,12H,5-8H2,1-4H3. The summed E-state index contributed by atoms with van der Waals surface area (Å²) in [6, 6.07) is 0. The molecular weight excluding hydrogens is 468 g/mol. The molecule has 0 radical (unpaired) electrons. The van der Waals surface area contributed by atoms with E-state index in [4.69, 9.17) is 4.74 Å². The smallest absolute Gasteiger partial charge is 0.0651 e. The van der Waals surface area contributed by atoms with Gasteiger partial charge in [0.05, 0.1) is 16.8 Å². The van der Waals surface area contributed by atoms with Crippen molar-refractivity contribution in [1.82, 2.24) is 0 Å². The third-order valence-electron chi connectivity index (χ3n) is 10.8. The predicted molar refractivity (Wildman–Crippen MR) is 166 cm³/mol. The van der Waals surface area contributed by atoms with E-state index in [2.05, 4.69) is 76.2 Å². The van der Waals surface area contributed by atoms with Gasteiger partial charge < -0.3 is 14.9 Å². The molecule has 3 nitrogen and oxygen atoms in total. The molecule has 0 amide bonds. The van der Waals surface area contributed by atoms with Crippen molar-refractivity contribution in [3.8, 4) is 0 Å². The molecule has 3 aliphatic carbocycles. The highest BCUT2D eigenvalue weighted by atomic mass is 16.5. The van der Waals surface area contributed by atoms with Crippen molar-refractivity contribution in [1.29, 1.82) is 0 Å². The minimum absolute atomic E-state index is 0.168. The van der Waals surface area contributed by atoms with Gasteiger partial charge in [0.15, 0.2) is 0 Å². The van der Waals surface area contributed by atoms with Crippen molar-refractivity contribution in [2.24, 2.45) is 34.0 Å². The molecule has 3 fully saturated rings. The van der Waals surface area contributed by atoms with Crippen LogP contribution in [0.1, 0.15) is 167 Å². The Balaban J connectivity index is 0.000000285. The summed E-state index contributed by atoms with van der Waals surface area (Å²) >= 11 is 0. The summed E-state index contributed by atoms with van der Waals surface area (Å²) in [6.07, 6.45) is 14.8. The lowest BCUT2D eigenvalue weighted by Crippen LogP contribution is -2.36. The minimum atomic E-state index is -0.373. The largest absolute Gasteiger partial charge is 0.390 e. The van der Waals surface area contributed by atoms with Crippen LogP contribution in [-0.2, 0) is 4.74 Å². The second-order valence-electron chi connectivity index (χ2n) is 17.1. The first-order valence-electron chi connectivity index (χ1n) is 16.1. The number of rotatable bonds is 2. The quantitative estimate of drug-likeness (QED) is 0.368. The van der Waals surface area contributed by atoms with E-state index >= 15 is 0 Å². The van der Waals surface area contributed by atoms with Crippen molar-refractivity contribution in [3.05, 3.63) is 0 Å². The van der Waals surface area contributed by atoms with Gasteiger partial charge in [-0.05, 0) is 131 Å². The van der Waals surface area contributed by atoms with Crippen molar-refractivity contribution in [3.63, 3.8) is 0 Å². The average Bonchev–Trinajstić information content (AvgIpc) is 2.78. The number of ether oxygens (including phenoxy) is 1.